The van der Waals surface area contributed by atoms with E-state index < -0.39 is 0 Å². The third kappa shape index (κ3) is 15.0. The van der Waals surface area contributed by atoms with E-state index in [0.29, 0.717) is 23.9 Å². The molecule has 0 unspecified atom stereocenters. The molecule has 0 saturated heterocycles. The number of benzene rings is 1. The number of carbonyl (C=O) groups is 1. The zero-order valence-corrected chi connectivity index (χ0v) is 26.0. The van der Waals surface area contributed by atoms with Crippen LogP contribution < -0.4 is 38.6 Å². The summed E-state index contributed by atoms with van der Waals surface area (Å²) in [4.78, 5) is 12.5. The molecule has 2 rings (SSSR count). The number of nitrogens with zero attached hydrogens (tertiary/aromatic N) is 1. The van der Waals surface area contributed by atoms with Gasteiger partial charge in [-0.15, -0.1) is 0 Å². The first-order valence-corrected chi connectivity index (χ1v) is 14.7. The zero-order chi connectivity index (χ0) is 25.8. The molecule has 0 fully saturated rings. The summed E-state index contributed by atoms with van der Waals surface area (Å²) in [6.07, 6.45) is 21.3. The Labute approximate surface area is 247 Å². The quantitative estimate of drug-likeness (QED) is 0.126. The van der Waals surface area contributed by atoms with Gasteiger partial charge < -0.3 is 34.0 Å². The minimum Gasteiger partial charge on any atom is -1.00 e. The third-order valence-corrected chi connectivity index (χ3v) is 7.01. The van der Waals surface area contributed by atoms with E-state index in [1.54, 1.807) is 0 Å². The fourth-order valence-electron chi connectivity index (χ4n) is 4.38. The van der Waals surface area contributed by atoms with Crippen LogP contribution in [-0.2, 0) is 24.3 Å². The molecule has 0 radical (unpaired) electrons. The van der Waals surface area contributed by atoms with Gasteiger partial charge in [-0.1, -0.05) is 108 Å². The number of amides is 1. The van der Waals surface area contributed by atoms with Crippen LogP contribution in [0.2, 0.25) is 5.02 Å². The monoisotopic (exact) mass is 642 g/mol. The van der Waals surface area contributed by atoms with Crippen molar-refractivity contribution >= 4 is 17.5 Å². The Kier molecular flexibility index (Phi) is 19.6. The lowest BCUT2D eigenvalue weighted by Gasteiger charge is -2.12. The molecule has 1 N–H and O–H groups in total. The number of hydrogen-bond acceptors (Lipinski definition) is 2. The maximum absolute atomic E-state index is 12.5. The van der Waals surface area contributed by atoms with Crippen molar-refractivity contribution in [3.8, 4) is 5.75 Å². The molecule has 0 aliphatic carbocycles. The molecule has 6 heteroatoms. The van der Waals surface area contributed by atoms with Crippen molar-refractivity contribution in [3.05, 3.63) is 58.9 Å². The van der Waals surface area contributed by atoms with Crippen LogP contribution in [0.15, 0.2) is 42.7 Å². The van der Waals surface area contributed by atoms with Gasteiger partial charge in [0.2, 0.25) is 5.91 Å². The molecule has 1 heterocycles. The summed E-state index contributed by atoms with van der Waals surface area (Å²) in [5.41, 5.74) is 1.89. The molecule has 208 valence electrons. The summed E-state index contributed by atoms with van der Waals surface area (Å²) in [7, 11) is 0. The third-order valence-electron chi connectivity index (χ3n) is 6.58. The predicted octanol–water partition coefficient (Wildman–Crippen LogP) is 4.98. The van der Waals surface area contributed by atoms with E-state index in [1.165, 1.54) is 70.6 Å². The highest BCUT2D eigenvalue weighted by atomic mass is 127. The summed E-state index contributed by atoms with van der Waals surface area (Å²) in [6, 6.07) is 9.80. The molecule has 2 aromatic rings. The Hall–Kier alpha value is -1.34. The highest BCUT2D eigenvalue weighted by Gasteiger charge is 2.11. The first-order valence-electron chi connectivity index (χ1n) is 14.3. The van der Waals surface area contributed by atoms with Crippen molar-refractivity contribution in [2.24, 2.45) is 0 Å². The molecule has 1 aromatic carbocycles. The van der Waals surface area contributed by atoms with Crippen LogP contribution in [0.5, 0.6) is 5.75 Å². The largest absolute Gasteiger partial charge is 1.00 e. The number of ether oxygens (including phenoxy) is 1. The molecular weight excluding hydrogens is 595 g/mol. The van der Waals surface area contributed by atoms with Gasteiger partial charge in [0.1, 0.15) is 12.3 Å². The maximum Gasteiger partial charge on any atom is 0.224 e. The number of carbonyl (C=O) groups excluding carboxylic acids is 1. The Morgan fingerprint density at radius 1 is 0.838 bits per heavy atom. The summed E-state index contributed by atoms with van der Waals surface area (Å²) >= 11 is 6.56. The first kappa shape index (κ1) is 33.7. The van der Waals surface area contributed by atoms with Gasteiger partial charge in [-0.25, -0.2) is 4.57 Å². The van der Waals surface area contributed by atoms with E-state index in [4.69, 9.17) is 16.3 Å². The second-order valence-corrected chi connectivity index (χ2v) is 10.2. The van der Waals surface area contributed by atoms with Crippen molar-refractivity contribution in [3.63, 3.8) is 0 Å². The van der Waals surface area contributed by atoms with E-state index in [-0.39, 0.29) is 36.3 Å². The lowest BCUT2D eigenvalue weighted by Crippen LogP contribution is -3.00. The van der Waals surface area contributed by atoms with Crippen molar-refractivity contribution < 1.29 is 38.1 Å². The Bertz CT molecular complexity index is 861. The number of rotatable bonds is 20. The molecule has 0 bridgehead atoms. The van der Waals surface area contributed by atoms with E-state index in [0.717, 1.165) is 30.5 Å². The Balaban J connectivity index is 0.00000684. The van der Waals surface area contributed by atoms with E-state index >= 15 is 0 Å². The molecular formula is C31H48ClIN2O2. The molecule has 0 atom stereocenters. The molecule has 0 saturated carbocycles. The van der Waals surface area contributed by atoms with Gasteiger partial charge in [0.15, 0.2) is 12.4 Å². The molecule has 0 aliphatic heterocycles. The van der Waals surface area contributed by atoms with Crippen molar-refractivity contribution in [2.75, 3.05) is 6.61 Å². The van der Waals surface area contributed by atoms with Crippen LogP contribution in [-0.4, -0.2) is 12.5 Å². The molecule has 0 spiro atoms. The topological polar surface area (TPSA) is 42.2 Å². The van der Waals surface area contributed by atoms with Gasteiger partial charge in [-0.3, -0.25) is 4.79 Å². The van der Waals surface area contributed by atoms with Crippen LogP contribution >= 0.6 is 11.6 Å². The van der Waals surface area contributed by atoms with Gasteiger partial charge in [0.05, 0.1) is 18.1 Å². The molecule has 4 nitrogen and oxygen atoms in total. The Morgan fingerprint density at radius 3 is 2.03 bits per heavy atom. The average Bonchev–Trinajstić information content (AvgIpc) is 2.88. The van der Waals surface area contributed by atoms with Crippen LogP contribution in [0.3, 0.4) is 0 Å². The van der Waals surface area contributed by atoms with Crippen molar-refractivity contribution in [1.82, 2.24) is 5.32 Å². The van der Waals surface area contributed by atoms with Gasteiger partial charge in [-0.05, 0) is 23.6 Å². The fraction of sp³-hybridized carbons (Fsp3) is 0.613. The highest BCUT2D eigenvalue weighted by Crippen LogP contribution is 2.28. The van der Waals surface area contributed by atoms with Crippen molar-refractivity contribution in [2.45, 2.75) is 117 Å². The number of pyridine rings is 1. The second kappa shape index (κ2) is 21.6. The number of aromatic nitrogens is 1. The minimum atomic E-state index is -0.0414. The number of unbranched alkanes of at least 4 members (excludes halogenated alkanes) is 11. The minimum absolute atomic E-state index is 0. The Morgan fingerprint density at radius 2 is 1.43 bits per heavy atom. The number of halogens is 2. The average molecular weight is 643 g/mol. The fourth-order valence-corrected chi connectivity index (χ4v) is 4.63. The molecule has 1 aromatic heterocycles. The number of hydrogen-bond donors (Lipinski definition) is 1. The van der Waals surface area contributed by atoms with Crippen molar-refractivity contribution in [1.29, 1.82) is 0 Å². The summed E-state index contributed by atoms with van der Waals surface area (Å²) in [5.74, 6) is 0.633. The summed E-state index contributed by atoms with van der Waals surface area (Å²) in [6.45, 7) is 6.61. The van der Waals surface area contributed by atoms with Gasteiger partial charge >= 0.3 is 0 Å². The highest BCUT2D eigenvalue weighted by molar-refractivity contribution is 6.33. The van der Waals surface area contributed by atoms with Crippen LogP contribution in [0.1, 0.15) is 108 Å². The number of aryl methyl sites for hydroxylation is 1. The lowest BCUT2D eigenvalue weighted by atomic mass is 10.1. The van der Waals surface area contributed by atoms with E-state index in [1.807, 2.05) is 30.3 Å². The van der Waals surface area contributed by atoms with Crippen LogP contribution in [0.25, 0.3) is 0 Å². The predicted molar refractivity (Wildman–Crippen MR) is 151 cm³/mol. The standard InChI is InChI=1S/C31H47ClN2O2.HI/c1-3-5-6-7-8-9-10-11-12-13-14-15-24-36-29-18-16-17-28(31(29)32)25-30(35)33-26-27-19-22-34(21-4-2)23-20-27;/h16-20,22-23H,3-15,21,24-26H2,1-2H3;1H. The normalized spacial score (nSPS) is 10.7. The van der Waals surface area contributed by atoms with Crippen LogP contribution in [0, 0.1) is 0 Å². The van der Waals surface area contributed by atoms with Gasteiger partial charge in [-0.2, -0.15) is 0 Å². The smallest absolute Gasteiger partial charge is 0.224 e. The van der Waals surface area contributed by atoms with Gasteiger partial charge in [0, 0.05) is 25.1 Å². The zero-order valence-electron chi connectivity index (χ0n) is 23.1. The molecule has 0 aliphatic rings. The van der Waals surface area contributed by atoms with Crippen LogP contribution in [0.4, 0.5) is 0 Å². The van der Waals surface area contributed by atoms with E-state index in [9.17, 15) is 4.79 Å². The van der Waals surface area contributed by atoms with Gasteiger partial charge in [0.25, 0.3) is 0 Å². The number of nitrogens with one attached hydrogen (secondary N) is 1. The molecule has 37 heavy (non-hydrogen) atoms. The lowest BCUT2D eigenvalue weighted by molar-refractivity contribution is -0.697. The molecule has 1 amide bonds. The summed E-state index contributed by atoms with van der Waals surface area (Å²) < 4.78 is 8.09. The maximum atomic E-state index is 12.5. The first-order chi connectivity index (χ1) is 17.6. The second-order valence-electron chi connectivity index (χ2n) is 9.86. The van der Waals surface area contributed by atoms with E-state index in [2.05, 4.69) is 36.1 Å². The SMILES string of the molecule is CCCCCCCCCCCCCCOc1cccc(CC(=O)NCc2cc[n+](CCC)cc2)c1Cl.[I-]. The summed E-state index contributed by atoms with van der Waals surface area (Å²) in [5, 5.41) is 3.54.